The largest absolute Gasteiger partial charge is 0.369 e. The summed E-state index contributed by atoms with van der Waals surface area (Å²) < 4.78 is 28.3. The van der Waals surface area contributed by atoms with Crippen molar-refractivity contribution in [2.24, 2.45) is 0 Å². The van der Waals surface area contributed by atoms with Crippen LogP contribution in [-0.2, 0) is 27.7 Å². The number of sulfonamides is 1. The van der Waals surface area contributed by atoms with Gasteiger partial charge < -0.3 is 15.5 Å². The van der Waals surface area contributed by atoms with E-state index in [9.17, 15) is 13.2 Å². The molecule has 0 aliphatic carbocycles. The number of benzene rings is 1. The van der Waals surface area contributed by atoms with Gasteiger partial charge in [0.2, 0.25) is 21.9 Å². The number of rotatable bonds is 8. The molecule has 160 valence electrons. The van der Waals surface area contributed by atoms with Crippen LogP contribution >= 0.6 is 0 Å². The Morgan fingerprint density at radius 3 is 2.57 bits per heavy atom. The second-order valence-corrected chi connectivity index (χ2v) is 9.23. The van der Waals surface area contributed by atoms with E-state index < -0.39 is 10.0 Å². The molecule has 2 aromatic rings. The molecule has 4 rings (SSSR count). The predicted octanol–water partition coefficient (Wildman–Crippen LogP) is 1.44. The summed E-state index contributed by atoms with van der Waals surface area (Å²) >= 11 is 0. The van der Waals surface area contributed by atoms with Crippen molar-refractivity contribution in [2.75, 3.05) is 41.7 Å². The lowest BCUT2D eigenvalue weighted by molar-refractivity contribution is -0.118. The molecule has 0 radical (unpaired) electrons. The highest BCUT2D eigenvalue weighted by molar-refractivity contribution is 7.89. The second-order valence-electron chi connectivity index (χ2n) is 7.46. The van der Waals surface area contributed by atoms with Gasteiger partial charge >= 0.3 is 0 Å². The van der Waals surface area contributed by atoms with Gasteiger partial charge in [-0.25, -0.2) is 18.1 Å². The number of nitrogens with zero attached hydrogens (tertiary/aromatic N) is 3. The van der Waals surface area contributed by atoms with Gasteiger partial charge in [-0.05, 0) is 49.9 Å². The van der Waals surface area contributed by atoms with E-state index in [1.807, 2.05) is 19.9 Å². The van der Waals surface area contributed by atoms with E-state index in [-0.39, 0.29) is 17.3 Å². The Balaban J connectivity index is 1.41. The standard InChI is InChI=1S/C20H26N6O3S/c1-3-21-20-24-13(2)10-17(25-20)22-7-8-23-30(28,29)16-11-14-4-5-18(27)26-9-6-15(12-16)19(14)26/h10-12,23H,3-9H2,1-2H3,(H2,21,22,24,25). The van der Waals surface area contributed by atoms with Gasteiger partial charge in [-0.2, -0.15) is 4.98 Å². The summed E-state index contributed by atoms with van der Waals surface area (Å²) in [5.74, 6) is 1.31. The van der Waals surface area contributed by atoms with Gasteiger partial charge in [0.1, 0.15) is 5.82 Å². The zero-order valence-corrected chi connectivity index (χ0v) is 18.0. The van der Waals surface area contributed by atoms with Crippen LogP contribution in [0.3, 0.4) is 0 Å². The van der Waals surface area contributed by atoms with E-state index in [2.05, 4.69) is 25.3 Å². The number of carbonyl (C=O) groups excluding carboxylic acids is 1. The van der Waals surface area contributed by atoms with Crippen molar-refractivity contribution in [3.8, 4) is 0 Å². The quantitative estimate of drug-likeness (QED) is 0.543. The molecule has 0 atom stereocenters. The topological polar surface area (TPSA) is 116 Å². The van der Waals surface area contributed by atoms with E-state index in [1.54, 1.807) is 17.0 Å². The second kappa shape index (κ2) is 8.19. The van der Waals surface area contributed by atoms with Crippen LogP contribution in [0.25, 0.3) is 0 Å². The smallest absolute Gasteiger partial charge is 0.240 e. The van der Waals surface area contributed by atoms with Gasteiger partial charge in [-0.15, -0.1) is 0 Å². The Morgan fingerprint density at radius 1 is 1.03 bits per heavy atom. The van der Waals surface area contributed by atoms with Gasteiger partial charge in [0, 0.05) is 44.4 Å². The molecule has 1 aromatic heterocycles. The van der Waals surface area contributed by atoms with Gasteiger partial charge in [0.15, 0.2) is 0 Å². The molecule has 0 bridgehead atoms. The monoisotopic (exact) mass is 430 g/mol. The summed E-state index contributed by atoms with van der Waals surface area (Å²) in [7, 11) is -3.64. The third-order valence-corrected chi connectivity index (χ3v) is 6.69. The Kier molecular flexibility index (Phi) is 5.61. The molecule has 3 heterocycles. The number of anilines is 3. The molecule has 3 N–H and O–H groups in total. The molecular formula is C20H26N6O3S. The van der Waals surface area contributed by atoms with Crippen molar-refractivity contribution in [3.05, 3.63) is 35.0 Å². The molecule has 30 heavy (non-hydrogen) atoms. The van der Waals surface area contributed by atoms with Gasteiger partial charge in [0.05, 0.1) is 10.6 Å². The number of hydrogen-bond donors (Lipinski definition) is 3. The molecule has 2 aliphatic rings. The number of hydrogen-bond acceptors (Lipinski definition) is 7. The van der Waals surface area contributed by atoms with Crippen molar-refractivity contribution in [1.29, 1.82) is 0 Å². The maximum atomic E-state index is 12.8. The van der Waals surface area contributed by atoms with Gasteiger partial charge in [-0.1, -0.05) is 0 Å². The average Bonchev–Trinajstić information content (AvgIpc) is 3.13. The summed E-state index contributed by atoms with van der Waals surface area (Å²) in [5.41, 5.74) is 3.62. The fourth-order valence-corrected chi connectivity index (χ4v) is 5.07. The molecule has 0 spiro atoms. The zero-order chi connectivity index (χ0) is 21.3. The maximum Gasteiger partial charge on any atom is 0.240 e. The highest BCUT2D eigenvalue weighted by atomic mass is 32.2. The molecule has 1 amide bonds. The normalized spacial score (nSPS) is 15.3. The Bertz CT molecular complexity index is 1090. The highest BCUT2D eigenvalue weighted by Gasteiger charge is 2.32. The van der Waals surface area contributed by atoms with Crippen LogP contribution in [0.1, 0.15) is 30.2 Å². The summed E-state index contributed by atoms with van der Waals surface area (Å²) in [6.07, 6.45) is 1.71. The first-order chi connectivity index (χ1) is 14.4. The van der Waals surface area contributed by atoms with Crippen LogP contribution < -0.4 is 20.3 Å². The fourth-order valence-electron chi connectivity index (χ4n) is 3.94. The number of aromatic nitrogens is 2. The molecule has 10 heteroatoms. The van der Waals surface area contributed by atoms with Crippen LogP contribution in [0.5, 0.6) is 0 Å². The molecule has 0 fully saturated rings. The van der Waals surface area contributed by atoms with Crippen LogP contribution in [0, 0.1) is 6.92 Å². The number of carbonyl (C=O) groups is 1. The lowest BCUT2D eigenvalue weighted by Crippen LogP contribution is -2.33. The summed E-state index contributed by atoms with van der Waals surface area (Å²) in [4.78, 5) is 22.7. The van der Waals surface area contributed by atoms with Crippen LogP contribution in [0.2, 0.25) is 0 Å². The third kappa shape index (κ3) is 4.10. The van der Waals surface area contributed by atoms with Crippen molar-refractivity contribution >= 4 is 33.4 Å². The number of nitrogens with one attached hydrogen (secondary N) is 3. The summed E-state index contributed by atoms with van der Waals surface area (Å²) in [5, 5.41) is 6.20. The van der Waals surface area contributed by atoms with Crippen molar-refractivity contribution in [3.63, 3.8) is 0 Å². The summed E-state index contributed by atoms with van der Waals surface area (Å²) in [6, 6.07) is 5.22. The first kappa shape index (κ1) is 20.5. The van der Waals surface area contributed by atoms with E-state index in [0.29, 0.717) is 44.1 Å². The summed E-state index contributed by atoms with van der Waals surface area (Å²) in [6.45, 7) is 5.81. The van der Waals surface area contributed by atoms with Crippen molar-refractivity contribution < 1.29 is 13.2 Å². The third-order valence-electron chi connectivity index (χ3n) is 5.25. The van der Waals surface area contributed by atoms with E-state index in [0.717, 1.165) is 29.1 Å². The van der Waals surface area contributed by atoms with Gasteiger partial charge in [-0.3, -0.25) is 4.79 Å². The molecular weight excluding hydrogens is 404 g/mol. The Labute approximate surface area is 176 Å². The number of amides is 1. The Morgan fingerprint density at radius 2 is 1.80 bits per heavy atom. The minimum Gasteiger partial charge on any atom is -0.369 e. The Hall–Kier alpha value is -2.72. The van der Waals surface area contributed by atoms with Gasteiger partial charge in [0.25, 0.3) is 0 Å². The fraction of sp³-hybridized carbons (Fsp3) is 0.450. The van der Waals surface area contributed by atoms with E-state index in [1.165, 1.54) is 0 Å². The maximum absolute atomic E-state index is 12.8. The van der Waals surface area contributed by atoms with E-state index >= 15 is 0 Å². The lowest BCUT2D eigenvalue weighted by atomic mass is 10.00. The highest BCUT2D eigenvalue weighted by Crippen LogP contribution is 2.38. The molecule has 9 nitrogen and oxygen atoms in total. The lowest BCUT2D eigenvalue weighted by Gasteiger charge is -2.25. The minimum absolute atomic E-state index is 0.123. The molecule has 2 aliphatic heterocycles. The molecule has 1 aromatic carbocycles. The zero-order valence-electron chi connectivity index (χ0n) is 17.2. The van der Waals surface area contributed by atoms with E-state index in [4.69, 9.17) is 0 Å². The van der Waals surface area contributed by atoms with Crippen LogP contribution in [0.15, 0.2) is 23.1 Å². The van der Waals surface area contributed by atoms with Crippen molar-refractivity contribution in [2.45, 2.75) is 38.0 Å². The predicted molar refractivity (Wildman–Crippen MR) is 115 cm³/mol. The van der Waals surface area contributed by atoms with Crippen LogP contribution in [-0.4, -0.2) is 50.5 Å². The number of aryl methyl sites for hydroxylation is 2. The SMILES string of the molecule is CCNc1nc(C)cc(NCCNS(=O)(=O)c2cc3c4c(c2)CCN4C(=O)CC3)n1. The van der Waals surface area contributed by atoms with Crippen LogP contribution in [0.4, 0.5) is 17.5 Å². The van der Waals surface area contributed by atoms with Crippen molar-refractivity contribution in [1.82, 2.24) is 14.7 Å². The minimum atomic E-state index is -3.64. The molecule has 0 unspecified atom stereocenters. The molecule has 0 saturated heterocycles. The molecule has 0 saturated carbocycles. The first-order valence-corrected chi connectivity index (χ1v) is 11.6. The average molecular weight is 431 g/mol. The first-order valence-electron chi connectivity index (χ1n) is 10.2.